The van der Waals surface area contributed by atoms with Crippen molar-refractivity contribution in [2.24, 2.45) is 0 Å². The molecule has 1 atom stereocenters. The van der Waals surface area contributed by atoms with E-state index in [4.69, 9.17) is 23.7 Å². The number of benzene rings is 3. The van der Waals surface area contributed by atoms with Crippen LogP contribution in [0.3, 0.4) is 0 Å². The molecule has 0 spiro atoms. The molecular weight excluding hydrogens is 520 g/mol. The summed E-state index contributed by atoms with van der Waals surface area (Å²) >= 11 is 0. The number of methoxy groups -OCH3 is 1. The van der Waals surface area contributed by atoms with Gasteiger partial charge in [-0.3, -0.25) is 4.79 Å². The van der Waals surface area contributed by atoms with Crippen molar-refractivity contribution in [1.29, 1.82) is 0 Å². The predicted octanol–water partition coefficient (Wildman–Crippen LogP) is 4.72. The van der Waals surface area contributed by atoms with Crippen molar-refractivity contribution < 1.29 is 36.9 Å². The first-order chi connectivity index (χ1) is 18.8. The topological polar surface area (TPSA) is 97.4 Å². The number of hydrogen-bond donors (Lipinski definition) is 0. The number of esters is 1. The molecule has 0 radical (unpaired) electrons. The van der Waals surface area contributed by atoms with Gasteiger partial charge >= 0.3 is 5.97 Å². The highest BCUT2D eigenvalue weighted by Crippen LogP contribution is 2.40. The molecule has 8 nitrogen and oxygen atoms in total. The summed E-state index contributed by atoms with van der Waals surface area (Å²) in [6.45, 7) is 1.72. The Kier molecular flexibility index (Phi) is 7.97. The van der Waals surface area contributed by atoms with Crippen LogP contribution in [-0.4, -0.2) is 53.3 Å². The van der Waals surface area contributed by atoms with Crippen LogP contribution < -0.4 is 18.9 Å². The molecule has 0 bridgehead atoms. The number of carbonyl (C=O) groups is 1. The standard InChI is InChI=1S/C30H32O8S/c1-34-30(31)16-22-19-38-29-17-24(6-8-26(22)29)37-18-20-4-9-28-27(14-20)25-7-5-23(15-21(25)10-12-36-28)35-11-3-13-39(2,32)33/h4-9,14-15,17,22H,3,10-13,16,18-19H2,1-2H3. The molecular formula is C30H32O8S. The lowest BCUT2D eigenvalue weighted by Gasteiger charge is -2.14. The molecule has 2 heterocycles. The van der Waals surface area contributed by atoms with Gasteiger partial charge < -0.3 is 23.7 Å². The lowest BCUT2D eigenvalue weighted by Crippen LogP contribution is -2.09. The molecule has 0 amide bonds. The number of sulfone groups is 1. The van der Waals surface area contributed by atoms with E-state index in [1.54, 1.807) is 0 Å². The molecule has 2 aliphatic rings. The van der Waals surface area contributed by atoms with Crippen molar-refractivity contribution in [1.82, 2.24) is 0 Å². The summed E-state index contributed by atoms with van der Waals surface area (Å²) in [5.74, 6) is 2.82. The normalized spacial score (nSPS) is 15.6. The van der Waals surface area contributed by atoms with Gasteiger partial charge in [0.2, 0.25) is 0 Å². The van der Waals surface area contributed by atoms with E-state index in [0.717, 1.165) is 51.5 Å². The summed E-state index contributed by atoms with van der Waals surface area (Å²) in [5, 5.41) is 0. The highest BCUT2D eigenvalue weighted by molar-refractivity contribution is 7.90. The van der Waals surface area contributed by atoms with Crippen molar-refractivity contribution in [2.75, 3.05) is 38.9 Å². The first-order valence-corrected chi connectivity index (χ1v) is 15.0. The zero-order chi connectivity index (χ0) is 27.4. The van der Waals surface area contributed by atoms with E-state index in [9.17, 15) is 13.2 Å². The molecule has 9 heteroatoms. The Bertz CT molecular complexity index is 1460. The average molecular weight is 553 g/mol. The zero-order valence-electron chi connectivity index (χ0n) is 22.1. The third-order valence-electron chi connectivity index (χ3n) is 6.88. The van der Waals surface area contributed by atoms with Gasteiger partial charge in [0, 0.05) is 35.8 Å². The Morgan fingerprint density at radius 1 is 0.949 bits per heavy atom. The first-order valence-electron chi connectivity index (χ1n) is 12.9. The van der Waals surface area contributed by atoms with Crippen molar-refractivity contribution in [3.8, 4) is 34.1 Å². The summed E-state index contributed by atoms with van der Waals surface area (Å²) in [7, 11) is -1.61. The molecule has 2 aliphatic heterocycles. The second-order valence-electron chi connectivity index (χ2n) is 9.86. The zero-order valence-corrected chi connectivity index (χ0v) is 22.9. The van der Waals surface area contributed by atoms with Crippen LogP contribution in [0.15, 0.2) is 54.6 Å². The van der Waals surface area contributed by atoms with Gasteiger partial charge in [-0.2, -0.15) is 0 Å². The van der Waals surface area contributed by atoms with Crippen LogP contribution in [0, 0.1) is 0 Å². The minimum atomic E-state index is -3.00. The molecule has 3 aromatic rings. The second kappa shape index (κ2) is 11.6. The molecule has 5 rings (SSSR count). The molecule has 0 saturated heterocycles. The molecule has 0 fully saturated rings. The van der Waals surface area contributed by atoms with E-state index in [1.165, 1.54) is 13.4 Å². The van der Waals surface area contributed by atoms with Gasteiger partial charge in [0.25, 0.3) is 0 Å². The Hall–Kier alpha value is -3.72. The van der Waals surface area contributed by atoms with Gasteiger partial charge in [0.1, 0.15) is 39.4 Å². The van der Waals surface area contributed by atoms with Gasteiger partial charge in [-0.05, 0) is 53.4 Å². The Morgan fingerprint density at radius 3 is 2.59 bits per heavy atom. The maximum absolute atomic E-state index is 11.7. The SMILES string of the molecule is COC(=O)CC1COc2cc(OCc3ccc4c(c3)-c3ccc(OCCCS(C)(=O)=O)cc3CCO4)ccc21. The lowest BCUT2D eigenvalue weighted by atomic mass is 9.96. The molecule has 3 aromatic carbocycles. The number of rotatable bonds is 10. The van der Waals surface area contributed by atoms with Gasteiger partial charge in [0.05, 0.1) is 39.1 Å². The van der Waals surface area contributed by atoms with E-state index >= 15 is 0 Å². The highest BCUT2D eigenvalue weighted by atomic mass is 32.2. The Morgan fingerprint density at radius 2 is 1.77 bits per heavy atom. The van der Waals surface area contributed by atoms with Crippen LogP contribution in [0.5, 0.6) is 23.0 Å². The average Bonchev–Trinajstić information content (AvgIpc) is 3.22. The smallest absolute Gasteiger partial charge is 0.306 e. The fourth-order valence-electron chi connectivity index (χ4n) is 4.88. The van der Waals surface area contributed by atoms with E-state index in [0.29, 0.717) is 45.0 Å². The first kappa shape index (κ1) is 26.9. The number of ether oxygens (including phenoxy) is 5. The fraction of sp³-hybridized carbons (Fsp3) is 0.367. The second-order valence-corrected chi connectivity index (χ2v) is 12.1. The van der Waals surface area contributed by atoms with Gasteiger partial charge in [0.15, 0.2) is 0 Å². The van der Waals surface area contributed by atoms with Crippen LogP contribution in [0.1, 0.15) is 35.4 Å². The molecule has 39 heavy (non-hydrogen) atoms. The van der Waals surface area contributed by atoms with Gasteiger partial charge in [-0.25, -0.2) is 8.42 Å². The van der Waals surface area contributed by atoms with Gasteiger partial charge in [-0.15, -0.1) is 0 Å². The van der Waals surface area contributed by atoms with Crippen molar-refractivity contribution in [2.45, 2.75) is 31.8 Å². The number of fused-ring (bicyclic) bond motifs is 4. The third kappa shape index (κ3) is 6.65. The van der Waals surface area contributed by atoms with Crippen LogP contribution in [-0.2, 0) is 32.4 Å². The number of hydrogen-bond acceptors (Lipinski definition) is 8. The molecule has 0 aromatic heterocycles. The van der Waals surface area contributed by atoms with E-state index < -0.39 is 9.84 Å². The van der Waals surface area contributed by atoms with Crippen molar-refractivity contribution >= 4 is 15.8 Å². The molecule has 1 unspecified atom stereocenters. The van der Waals surface area contributed by atoms with Crippen LogP contribution >= 0.6 is 0 Å². The monoisotopic (exact) mass is 552 g/mol. The van der Waals surface area contributed by atoms with Crippen molar-refractivity contribution in [3.05, 3.63) is 71.3 Å². The van der Waals surface area contributed by atoms with Crippen LogP contribution in [0.25, 0.3) is 11.1 Å². The molecule has 0 aliphatic carbocycles. The minimum Gasteiger partial charge on any atom is -0.494 e. The van der Waals surface area contributed by atoms with E-state index in [2.05, 4.69) is 6.07 Å². The van der Waals surface area contributed by atoms with Crippen molar-refractivity contribution in [3.63, 3.8) is 0 Å². The maximum Gasteiger partial charge on any atom is 0.306 e. The quantitative estimate of drug-likeness (QED) is 0.263. The van der Waals surface area contributed by atoms with Gasteiger partial charge in [-0.1, -0.05) is 18.2 Å². The summed E-state index contributed by atoms with van der Waals surface area (Å²) in [6.07, 6.45) is 2.72. The highest BCUT2D eigenvalue weighted by Gasteiger charge is 2.27. The molecule has 0 saturated carbocycles. The summed E-state index contributed by atoms with van der Waals surface area (Å²) in [6, 6.07) is 17.7. The lowest BCUT2D eigenvalue weighted by molar-refractivity contribution is -0.141. The Balaban J connectivity index is 1.26. The van der Waals surface area contributed by atoms with E-state index in [-0.39, 0.29) is 17.6 Å². The fourth-order valence-corrected chi connectivity index (χ4v) is 5.52. The molecule has 0 N–H and O–H groups in total. The summed E-state index contributed by atoms with van der Waals surface area (Å²) in [4.78, 5) is 11.7. The maximum atomic E-state index is 11.7. The number of carbonyl (C=O) groups excluding carboxylic acids is 1. The molecule has 206 valence electrons. The van der Waals surface area contributed by atoms with E-state index in [1.807, 2.05) is 48.5 Å². The van der Waals surface area contributed by atoms with Crippen LogP contribution in [0.4, 0.5) is 0 Å². The minimum absolute atomic E-state index is 0.00968. The third-order valence-corrected chi connectivity index (χ3v) is 7.91. The Labute approximate surface area is 228 Å². The summed E-state index contributed by atoms with van der Waals surface area (Å²) in [5.41, 5.74) is 5.18. The summed E-state index contributed by atoms with van der Waals surface area (Å²) < 4.78 is 51.2. The largest absolute Gasteiger partial charge is 0.494 e. The predicted molar refractivity (Wildman–Crippen MR) is 147 cm³/mol. The van der Waals surface area contributed by atoms with Crippen LogP contribution in [0.2, 0.25) is 0 Å².